The van der Waals surface area contributed by atoms with Crippen molar-refractivity contribution in [1.82, 2.24) is 15.3 Å². The lowest BCUT2D eigenvalue weighted by atomic mass is 10.0. The van der Waals surface area contributed by atoms with Crippen molar-refractivity contribution in [3.05, 3.63) is 27.4 Å². The number of rotatable bonds is 6. The average Bonchev–Trinajstić information content (AvgIpc) is 2.36. The second-order valence-electron chi connectivity index (χ2n) is 6.05. The number of carbonyl (C=O) groups is 1. The Labute approximate surface area is 125 Å². The first-order valence-corrected chi connectivity index (χ1v) is 7.28. The topological polar surface area (TPSA) is 95.1 Å². The lowest BCUT2D eigenvalue weighted by Gasteiger charge is -2.18. The van der Waals surface area contributed by atoms with E-state index in [0.717, 1.165) is 0 Å². The fraction of sp³-hybridized carbons (Fsp3) is 0.667. The fourth-order valence-electron chi connectivity index (χ4n) is 2.15. The second kappa shape index (κ2) is 7.36. The van der Waals surface area contributed by atoms with Gasteiger partial charge in [-0.05, 0) is 19.3 Å². The van der Waals surface area contributed by atoms with Gasteiger partial charge in [0.2, 0.25) is 0 Å². The molecule has 0 radical (unpaired) electrons. The highest BCUT2D eigenvalue weighted by molar-refractivity contribution is 5.95. The first kappa shape index (κ1) is 17.4. The lowest BCUT2D eigenvalue weighted by Crippen LogP contribution is -2.41. The molecule has 0 aliphatic rings. The minimum Gasteiger partial charge on any atom is -0.394 e. The molecule has 118 valence electrons. The molecule has 1 heterocycles. The Morgan fingerprint density at radius 3 is 2.38 bits per heavy atom. The highest BCUT2D eigenvalue weighted by Gasteiger charge is 2.20. The average molecular weight is 295 g/mol. The van der Waals surface area contributed by atoms with E-state index in [2.05, 4.69) is 15.3 Å². The number of aromatic nitrogens is 2. The molecule has 6 heteroatoms. The Bertz CT molecular complexity index is 550. The molecule has 0 saturated carbocycles. The Kier molecular flexibility index (Phi) is 6.08. The van der Waals surface area contributed by atoms with Gasteiger partial charge in [-0.1, -0.05) is 27.7 Å². The Balaban J connectivity index is 3.00. The number of amides is 1. The van der Waals surface area contributed by atoms with Crippen LogP contribution >= 0.6 is 0 Å². The van der Waals surface area contributed by atoms with Gasteiger partial charge < -0.3 is 15.4 Å². The Morgan fingerprint density at radius 2 is 1.95 bits per heavy atom. The molecule has 1 aromatic rings. The quantitative estimate of drug-likeness (QED) is 0.738. The summed E-state index contributed by atoms with van der Waals surface area (Å²) in [7, 11) is 0. The van der Waals surface area contributed by atoms with Gasteiger partial charge in [-0.2, -0.15) is 0 Å². The van der Waals surface area contributed by atoms with Crippen LogP contribution in [0.2, 0.25) is 0 Å². The summed E-state index contributed by atoms with van der Waals surface area (Å²) < 4.78 is 0. The van der Waals surface area contributed by atoms with Crippen molar-refractivity contribution in [1.29, 1.82) is 0 Å². The number of aromatic amines is 1. The van der Waals surface area contributed by atoms with E-state index in [0.29, 0.717) is 23.9 Å². The van der Waals surface area contributed by atoms with Gasteiger partial charge in [0.1, 0.15) is 11.4 Å². The summed E-state index contributed by atoms with van der Waals surface area (Å²) >= 11 is 0. The number of hydrogen-bond acceptors (Lipinski definition) is 4. The van der Waals surface area contributed by atoms with Gasteiger partial charge in [0.15, 0.2) is 0 Å². The molecule has 0 spiro atoms. The number of carbonyl (C=O) groups excluding carboxylic acids is 1. The molecule has 1 aromatic heterocycles. The zero-order valence-corrected chi connectivity index (χ0v) is 13.4. The van der Waals surface area contributed by atoms with Crippen LogP contribution < -0.4 is 10.9 Å². The van der Waals surface area contributed by atoms with Crippen LogP contribution in [0.3, 0.4) is 0 Å². The molecule has 1 rings (SSSR count). The second-order valence-corrected chi connectivity index (χ2v) is 6.05. The summed E-state index contributed by atoms with van der Waals surface area (Å²) in [5.74, 6) is 0.495. The third kappa shape index (κ3) is 4.67. The molecule has 0 aliphatic carbocycles. The minimum atomic E-state index is -0.490. The lowest BCUT2D eigenvalue weighted by molar-refractivity contribution is 0.0905. The number of H-pyrrole nitrogens is 1. The molecule has 1 atom stereocenters. The Hall–Kier alpha value is -1.69. The van der Waals surface area contributed by atoms with Crippen molar-refractivity contribution < 1.29 is 9.90 Å². The maximum atomic E-state index is 12.2. The first-order chi connectivity index (χ1) is 9.76. The predicted octanol–water partition coefficient (Wildman–Crippen LogP) is 1.34. The van der Waals surface area contributed by atoms with Crippen LogP contribution in [-0.2, 0) is 0 Å². The third-order valence-corrected chi connectivity index (χ3v) is 3.20. The monoisotopic (exact) mass is 295 g/mol. The molecule has 0 aliphatic heterocycles. The summed E-state index contributed by atoms with van der Waals surface area (Å²) in [5, 5.41) is 12.0. The summed E-state index contributed by atoms with van der Waals surface area (Å²) in [6, 6.07) is -0.360. The van der Waals surface area contributed by atoms with Crippen molar-refractivity contribution in [3.8, 4) is 0 Å². The fourth-order valence-corrected chi connectivity index (χ4v) is 2.15. The Morgan fingerprint density at radius 1 is 1.33 bits per heavy atom. The molecule has 0 fully saturated rings. The molecule has 1 amide bonds. The molecule has 1 unspecified atom stereocenters. The van der Waals surface area contributed by atoms with E-state index in [1.54, 1.807) is 6.92 Å². The number of hydrogen-bond donors (Lipinski definition) is 3. The number of aryl methyl sites for hydroxylation is 1. The van der Waals surface area contributed by atoms with Crippen LogP contribution in [0.15, 0.2) is 4.79 Å². The number of nitrogens with zero attached hydrogens (tertiary/aromatic N) is 1. The maximum Gasteiger partial charge on any atom is 0.264 e. The van der Waals surface area contributed by atoms with Crippen LogP contribution in [0.5, 0.6) is 0 Å². The van der Waals surface area contributed by atoms with Crippen molar-refractivity contribution in [2.45, 2.75) is 53.0 Å². The van der Waals surface area contributed by atoms with Crippen molar-refractivity contribution >= 4 is 5.91 Å². The zero-order valence-electron chi connectivity index (χ0n) is 13.4. The van der Waals surface area contributed by atoms with Crippen LogP contribution in [-0.4, -0.2) is 33.6 Å². The standard InChI is InChI=1S/C15H25N3O3/c1-8(2)6-11(7-19)17-14(20)12-10(5)16-13(9(3)4)18-15(12)21/h8-9,11,19H,6-7H2,1-5H3,(H,17,20)(H,16,18,21). The molecular weight excluding hydrogens is 270 g/mol. The van der Waals surface area contributed by atoms with E-state index in [-0.39, 0.29) is 24.1 Å². The van der Waals surface area contributed by atoms with Crippen molar-refractivity contribution in [2.75, 3.05) is 6.61 Å². The van der Waals surface area contributed by atoms with Gasteiger partial charge in [0, 0.05) is 5.92 Å². The van der Waals surface area contributed by atoms with E-state index in [9.17, 15) is 14.7 Å². The van der Waals surface area contributed by atoms with Crippen molar-refractivity contribution in [3.63, 3.8) is 0 Å². The largest absolute Gasteiger partial charge is 0.394 e. The van der Waals surface area contributed by atoms with E-state index >= 15 is 0 Å². The van der Waals surface area contributed by atoms with Crippen LogP contribution in [0.4, 0.5) is 0 Å². The zero-order chi connectivity index (χ0) is 16.2. The summed E-state index contributed by atoms with van der Waals surface area (Å²) in [6.45, 7) is 9.34. The molecule has 3 N–H and O–H groups in total. The predicted molar refractivity (Wildman–Crippen MR) is 81.5 cm³/mol. The maximum absolute atomic E-state index is 12.2. The minimum absolute atomic E-state index is 0.0154. The molecule has 0 aromatic carbocycles. The van der Waals surface area contributed by atoms with E-state index < -0.39 is 11.5 Å². The molecular formula is C15H25N3O3. The third-order valence-electron chi connectivity index (χ3n) is 3.20. The van der Waals surface area contributed by atoms with Crippen LogP contribution in [0.25, 0.3) is 0 Å². The highest BCUT2D eigenvalue weighted by atomic mass is 16.3. The van der Waals surface area contributed by atoms with Gasteiger partial charge >= 0.3 is 0 Å². The van der Waals surface area contributed by atoms with Gasteiger partial charge in [0.25, 0.3) is 11.5 Å². The molecule has 21 heavy (non-hydrogen) atoms. The SMILES string of the molecule is Cc1nc(C(C)C)[nH]c(=O)c1C(=O)NC(CO)CC(C)C. The highest BCUT2D eigenvalue weighted by Crippen LogP contribution is 2.10. The molecule has 6 nitrogen and oxygen atoms in total. The number of aliphatic hydroxyl groups is 1. The summed E-state index contributed by atoms with van der Waals surface area (Å²) in [5.41, 5.74) is -0.0206. The van der Waals surface area contributed by atoms with E-state index in [1.807, 2.05) is 27.7 Å². The van der Waals surface area contributed by atoms with E-state index in [4.69, 9.17) is 0 Å². The van der Waals surface area contributed by atoms with Crippen molar-refractivity contribution in [2.24, 2.45) is 5.92 Å². The number of nitrogens with one attached hydrogen (secondary N) is 2. The van der Waals surface area contributed by atoms with Crippen LogP contribution in [0, 0.1) is 12.8 Å². The van der Waals surface area contributed by atoms with Gasteiger partial charge in [-0.25, -0.2) is 4.98 Å². The summed E-state index contributed by atoms with van der Waals surface area (Å²) in [6.07, 6.45) is 0.650. The smallest absolute Gasteiger partial charge is 0.264 e. The van der Waals surface area contributed by atoms with E-state index in [1.165, 1.54) is 0 Å². The first-order valence-electron chi connectivity index (χ1n) is 7.28. The number of aliphatic hydroxyl groups excluding tert-OH is 1. The molecule has 0 bridgehead atoms. The van der Waals surface area contributed by atoms with Gasteiger partial charge in [-0.15, -0.1) is 0 Å². The summed E-state index contributed by atoms with van der Waals surface area (Å²) in [4.78, 5) is 31.2. The molecule has 0 saturated heterocycles. The normalized spacial score (nSPS) is 12.8. The van der Waals surface area contributed by atoms with Crippen LogP contribution in [0.1, 0.15) is 61.9 Å². The van der Waals surface area contributed by atoms with Gasteiger partial charge in [-0.3, -0.25) is 9.59 Å². The van der Waals surface area contributed by atoms with Gasteiger partial charge in [0.05, 0.1) is 18.3 Å².